The normalized spacial score (nSPS) is 11.7. The third-order valence-corrected chi connectivity index (χ3v) is 4.14. The van der Waals surface area contributed by atoms with E-state index in [0.717, 1.165) is 12.1 Å². The molecule has 0 radical (unpaired) electrons. The van der Waals surface area contributed by atoms with Gasteiger partial charge in [-0.2, -0.15) is 0 Å². The lowest BCUT2D eigenvalue weighted by Gasteiger charge is -2.25. The van der Waals surface area contributed by atoms with E-state index >= 15 is 0 Å². The van der Waals surface area contributed by atoms with Crippen molar-refractivity contribution in [2.75, 3.05) is 6.54 Å². The van der Waals surface area contributed by atoms with Gasteiger partial charge in [-0.25, -0.2) is 0 Å². The fourth-order valence-corrected chi connectivity index (χ4v) is 2.77. The second-order valence-electron chi connectivity index (χ2n) is 5.78. The van der Waals surface area contributed by atoms with Gasteiger partial charge in [0.1, 0.15) is 0 Å². The lowest BCUT2D eigenvalue weighted by molar-refractivity contribution is -0.380. The van der Waals surface area contributed by atoms with Gasteiger partial charge in [-0.15, -0.1) is 0 Å². The SMILES string of the molecule is CCCCCC(C)(C)CNCc1csc([N+](=O)[O-])c1. The summed E-state index contributed by atoms with van der Waals surface area (Å²) in [6.07, 6.45) is 5.04. The number of nitrogens with one attached hydrogen (secondary N) is 1. The number of nitrogens with zero attached hydrogens (tertiary/aromatic N) is 1. The van der Waals surface area contributed by atoms with Crippen LogP contribution in [0.15, 0.2) is 11.4 Å². The van der Waals surface area contributed by atoms with E-state index in [1.807, 2.05) is 5.38 Å². The van der Waals surface area contributed by atoms with E-state index in [1.54, 1.807) is 6.07 Å². The summed E-state index contributed by atoms with van der Waals surface area (Å²) in [5, 5.41) is 16.1. The Kier molecular flexibility index (Phi) is 6.45. The Morgan fingerprint density at radius 1 is 1.42 bits per heavy atom. The Morgan fingerprint density at radius 3 is 2.74 bits per heavy atom. The molecule has 0 spiro atoms. The Bertz CT molecular complexity index is 402. The first-order valence-electron chi connectivity index (χ1n) is 6.87. The molecule has 0 aromatic carbocycles. The molecular formula is C14H24N2O2S. The Hall–Kier alpha value is -0.940. The van der Waals surface area contributed by atoms with E-state index in [-0.39, 0.29) is 15.3 Å². The van der Waals surface area contributed by atoms with Crippen molar-refractivity contribution in [3.8, 4) is 0 Å². The van der Waals surface area contributed by atoms with Crippen LogP contribution in [0.25, 0.3) is 0 Å². The smallest absolute Gasteiger partial charge is 0.312 e. The van der Waals surface area contributed by atoms with Gasteiger partial charge in [0, 0.05) is 24.5 Å². The number of unbranched alkanes of at least 4 members (excludes halogenated alkanes) is 2. The second kappa shape index (κ2) is 7.60. The molecule has 0 fully saturated rings. The van der Waals surface area contributed by atoms with E-state index in [9.17, 15) is 10.1 Å². The van der Waals surface area contributed by atoms with Crippen LogP contribution in [0.3, 0.4) is 0 Å². The molecule has 1 aromatic heterocycles. The second-order valence-corrected chi connectivity index (χ2v) is 6.66. The lowest BCUT2D eigenvalue weighted by atomic mass is 9.87. The third-order valence-electron chi connectivity index (χ3n) is 3.21. The monoisotopic (exact) mass is 284 g/mol. The minimum atomic E-state index is -0.331. The van der Waals surface area contributed by atoms with Crippen LogP contribution >= 0.6 is 11.3 Å². The first-order chi connectivity index (χ1) is 8.94. The van der Waals surface area contributed by atoms with Crippen molar-refractivity contribution < 1.29 is 4.92 Å². The zero-order chi connectivity index (χ0) is 14.3. The molecule has 19 heavy (non-hydrogen) atoms. The quantitative estimate of drug-likeness (QED) is 0.416. The van der Waals surface area contributed by atoms with Crippen LogP contribution in [-0.2, 0) is 6.54 Å². The summed E-state index contributed by atoms with van der Waals surface area (Å²) in [4.78, 5) is 10.3. The summed E-state index contributed by atoms with van der Waals surface area (Å²) in [6.45, 7) is 8.41. The standard InChI is InChI=1S/C14H24N2O2S/c1-4-5-6-7-14(2,3)11-15-9-12-8-13(16(17)18)19-10-12/h8,10,15H,4-7,9,11H2,1-3H3. The van der Waals surface area contributed by atoms with Gasteiger partial charge in [-0.1, -0.05) is 51.4 Å². The zero-order valence-corrected chi connectivity index (χ0v) is 12.9. The van der Waals surface area contributed by atoms with E-state index in [4.69, 9.17) is 0 Å². The van der Waals surface area contributed by atoms with Gasteiger partial charge in [0.2, 0.25) is 0 Å². The van der Waals surface area contributed by atoms with Gasteiger partial charge in [0.25, 0.3) is 0 Å². The summed E-state index contributed by atoms with van der Waals surface area (Å²) in [5.41, 5.74) is 1.29. The van der Waals surface area contributed by atoms with Crippen molar-refractivity contribution >= 4 is 16.3 Å². The summed E-state index contributed by atoms with van der Waals surface area (Å²) in [6, 6.07) is 1.65. The highest BCUT2D eigenvalue weighted by molar-refractivity contribution is 7.13. The van der Waals surface area contributed by atoms with Crippen molar-refractivity contribution in [2.45, 2.75) is 53.0 Å². The van der Waals surface area contributed by atoms with Gasteiger partial charge in [0.05, 0.1) is 4.92 Å². The van der Waals surface area contributed by atoms with E-state index < -0.39 is 0 Å². The van der Waals surface area contributed by atoms with Crippen LogP contribution in [0, 0.1) is 15.5 Å². The van der Waals surface area contributed by atoms with E-state index in [2.05, 4.69) is 26.1 Å². The van der Waals surface area contributed by atoms with Crippen molar-refractivity contribution in [1.29, 1.82) is 0 Å². The van der Waals surface area contributed by atoms with E-state index in [1.165, 1.54) is 37.0 Å². The average molecular weight is 284 g/mol. The van der Waals surface area contributed by atoms with Crippen molar-refractivity contribution in [2.24, 2.45) is 5.41 Å². The summed E-state index contributed by atoms with van der Waals surface area (Å²) in [7, 11) is 0. The fraction of sp³-hybridized carbons (Fsp3) is 0.714. The molecule has 0 unspecified atom stereocenters. The minimum Gasteiger partial charge on any atom is -0.312 e. The zero-order valence-electron chi connectivity index (χ0n) is 12.1. The molecule has 0 saturated carbocycles. The van der Waals surface area contributed by atoms with Crippen molar-refractivity contribution in [3.63, 3.8) is 0 Å². The molecule has 1 N–H and O–H groups in total. The highest BCUT2D eigenvalue weighted by Crippen LogP contribution is 2.24. The Balaban J connectivity index is 2.30. The van der Waals surface area contributed by atoms with Crippen LogP contribution in [0.5, 0.6) is 0 Å². The summed E-state index contributed by atoms with van der Waals surface area (Å²) >= 11 is 1.19. The molecule has 0 atom stereocenters. The van der Waals surface area contributed by atoms with Gasteiger partial charge >= 0.3 is 5.00 Å². The number of rotatable bonds is 9. The maximum Gasteiger partial charge on any atom is 0.324 e. The molecule has 108 valence electrons. The summed E-state index contributed by atoms with van der Waals surface area (Å²) < 4.78 is 0. The predicted octanol–water partition coefficient (Wildman–Crippen LogP) is 4.35. The molecule has 0 aliphatic carbocycles. The number of nitro groups is 1. The molecule has 5 heteroatoms. The number of thiophene rings is 1. The molecule has 4 nitrogen and oxygen atoms in total. The lowest BCUT2D eigenvalue weighted by Crippen LogP contribution is -2.28. The molecule has 0 aliphatic rings. The summed E-state index contributed by atoms with van der Waals surface area (Å²) in [5.74, 6) is 0. The highest BCUT2D eigenvalue weighted by Gasteiger charge is 2.17. The van der Waals surface area contributed by atoms with Crippen LogP contribution < -0.4 is 5.32 Å². The van der Waals surface area contributed by atoms with Gasteiger partial charge in [-0.3, -0.25) is 10.1 Å². The maximum atomic E-state index is 10.6. The molecule has 0 amide bonds. The van der Waals surface area contributed by atoms with Crippen molar-refractivity contribution in [3.05, 3.63) is 27.1 Å². The number of hydrogen-bond acceptors (Lipinski definition) is 4. The molecule has 1 aromatic rings. The van der Waals surface area contributed by atoms with Gasteiger partial charge in [0.15, 0.2) is 0 Å². The maximum absolute atomic E-state index is 10.6. The average Bonchev–Trinajstić information content (AvgIpc) is 2.78. The molecule has 0 bridgehead atoms. The van der Waals surface area contributed by atoms with E-state index in [0.29, 0.717) is 6.54 Å². The molecule has 1 heterocycles. The predicted molar refractivity (Wildman–Crippen MR) is 80.6 cm³/mol. The Labute approximate surface area is 119 Å². The minimum absolute atomic E-state index is 0.221. The Morgan fingerprint density at radius 2 is 2.16 bits per heavy atom. The largest absolute Gasteiger partial charge is 0.324 e. The highest BCUT2D eigenvalue weighted by atomic mass is 32.1. The molecule has 1 rings (SSSR count). The van der Waals surface area contributed by atoms with Crippen LogP contribution in [0.4, 0.5) is 5.00 Å². The van der Waals surface area contributed by atoms with Crippen LogP contribution in [0.1, 0.15) is 52.0 Å². The molecule has 0 saturated heterocycles. The van der Waals surface area contributed by atoms with Crippen molar-refractivity contribution in [1.82, 2.24) is 5.32 Å². The fourth-order valence-electron chi connectivity index (χ4n) is 2.04. The number of hydrogen-bond donors (Lipinski definition) is 1. The first-order valence-corrected chi connectivity index (χ1v) is 7.75. The molecule has 0 aliphatic heterocycles. The van der Waals surface area contributed by atoms with Crippen LogP contribution in [-0.4, -0.2) is 11.5 Å². The molecular weight excluding hydrogens is 260 g/mol. The van der Waals surface area contributed by atoms with Gasteiger partial charge in [-0.05, 0) is 17.4 Å². The van der Waals surface area contributed by atoms with Crippen LogP contribution in [0.2, 0.25) is 0 Å². The van der Waals surface area contributed by atoms with Gasteiger partial charge < -0.3 is 5.32 Å². The third kappa shape index (κ3) is 6.16. The first kappa shape index (κ1) is 16.1. The topological polar surface area (TPSA) is 55.2 Å².